The molecule has 1 atom stereocenters. The van der Waals surface area contributed by atoms with Crippen LogP contribution >= 0.6 is 0 Å². The third-order valence-electron chi connectivity index (χ3n) is 4.07. The molecule has 1 unspecified atom stereocenters. The average Bonchev–Trinajstić information content (AvgIpc) is 2.33. The molecule has 2 rings (SSSR count). The number of benzene rings is 1. The van der Waals surface area contributed by atoms with Crippen molar-refractivity contribution in [2.45, 2.75) is 26.9 Å². The number of anilines is 2. The van der Waals surface area contributed by atoms with Crippen molar-refractivity contribution in [1.29, 1.82) is 0 Å². The molecule has 0 fully saturated rings. The lowest BCUT2D eigenvalue weighted by molar-refractivity contribution is 0.0710. The molecule has 1 aromatic carbocycles. The zero-order chi connectivity index (χ0) is 13.3. The maximum absolute atomic E-state index is 9.87. The summed E-state index contributed by atoms with van der Waals surface area (Å²) in [5.41, 5.74) is 2.47. The van der Waals surface area contributed by atoms with Crippen LogP contribution in [-0.4, -0.2) is 37.9 Å². The second-order valence-electron chi connectivity index (χ2n) is 6.00. The molecule has 0 amide bonds. The predicted molar refractivity (Wildman–Crippen MR) is 77.4 cm³/mol. The molecule has 100 valence electrons. The lowest BCUT2D eigenvalue weighted by atomic mass is 9.86. The summed E-state index contributed by atoms with van der Waals surface area (Å²) in [5.74, 6) is 0. The Balaban J connectivity index is 2.24. The van der Waals surface area contributed by atoms with Crippen LogP contribution in [0, 0.1) is 5.41 Å². The van der Waals surface area contributed by atoms with Crippen molar-refractivity contribution in [2.75, 3.05) is 36.5 Å². The van der Waals surface area contributed by atoms with E-state index in [0.29, 0.717) is 0 Å². The first-order valence-electron chi connectivity index (χ1n) is 6.65. The van der Waals surface area contributed by atoms with Crippen molar-refractivity contribution >= 4 is 11.4 Å². The van der Waals surface area contributed by atoms with Gasteiger partial charge in [0.15, 0.2) is 0 Å². The van der Waals surface area contributed by atoms with Gasteiger partial charge >= 0.3 is 0 Å². The van der Waals surface area contributed by atoms with Gasteiger partial charge in [-0.25, -0.2) is 0 Å². The highest BCUT2D eigenvalue weighted by Crippen LogP contribution is 2.34. The van der Waals surface area contributed by atoms with E-state index in [1.54, 1.807) is 0 Å². The van der Waals surface area contributed by atoms with Gasteiger partial charge < -0.3 is 14.9 Å². The summed E-state index contributed by atoms with van der Waals surface area (Å²) >= 11 is 0. The van der Waals surface area contributed by atoms with E-state index in [0.717, 1.165) is 19.6 Å². The predicted octanol–water partition coefficient (Wildman–Crippen LogP) is 2.35. The van der Waals surface area contributed by atoms with Gasteiger partial charge in [-0.05, 0) is 19.1 Å². The minimum Gasteiger partial charge on any atom is -0.393 e. The summed E-state index contributed by atoms with van der Waals surface area (Å²) in [6, 6.07) is 8.50. The Morgan fingerprint density at radius 2 is 1.83 bits per heavy atom. The molecule has 0 radical (unpaired) electrons. The Hall–Kier alpha value is -1.22. The van der Waals surface area contributed by atoms with Gasteiger partial charge in [0.25, 0.3) is 0 Å². The normalized spacial score (nSPS) is 17.6. The van der Waals surface area contributed by atoms with Gasteiger partial charge in [0.05, 0.1) is 17.5 Å². The maximum Gasteiger partial charge on any atom is 0.0604 e. The summed E-state index contributed by atoms with van der Waals surface area (Å²) in [7, 11) is 2.13. The van der Waals surface area contributed by atoms with Crippen molar-refractivity contribution in [3.63, 3.8) is 0 Å². The van der Waals surface area contributed by atoms with E-state index in [1.165, 1.54) is 11.4 Å². The molecule has 3 heteroatoms. The van der Waals surface area contributed by atoms with Crippen molar-refractivity contribution in [1.82, 2.24) is 0 Å². The fourth-order valence-corrected chi connectivity index (χ4v) is 2.35. The molecule has 0 spiro atoms. The first kappa shape index (κ1) is 13.2. The van der Waals surface area contributed by atoms with Crippen LogP contribution in [0.25, 0.3) is 0 Å². The average molecular weight is 248 g/mol. The van der Waals surface area contributed by atoms with E-state index in [9.17, 15) is 5.11 Å². The summed E-state index contributed by atoms with van der Waals surface area (Å²) in [6.45, 7) is 9.06. The van der Waals surface area contributed by atoms with Gasteiger partial charge in [-0.2, -0.15) is 0 Å². The number of rotatable bonds is 3. The number of hydrogen-bond acceptors (Lipinski definition) is 3. The van der Waals surface area contributed by atoms with Crippen LogP contribution in [0.15, 0.2) is 24.3 Å². The van der Waals surface area contributed by atoms with Gasteiger partial charge in [-0.1, -0.05) is 26.0 Å². The lowest BCUT2D eigenvalue weighted by Gasteiger charge is -2.41. The first-order chi connectivity index (χ1) is 8.42. The smallest absolute Gasteiger partial charge is 0.0604 e. The fourth-order valence-electron chi connectivity index (χ4n) is 2.35. The summed E-state index contributed by atoms with van der Waals surface area (Å²) < 4.78 is 0. The fraction of sp³-hybridized carbons (Fsp3) is 0.600. The Labute approximate surface area is 110 Å². The van der Waals surface area contributed by atoms with Crippen molar-refractivity contribution < 1.29 is 5.11 Å². The molecular formula is C15H24N2O. The SMILES string of the molecule is CC(O)C(C)(C)CN1CCN(C)c2ccccc21. The van der Waals surface area contributed by atoms with Crippen LogP contribution < -0.4 is 9.80 Å². The summed E-state index contributed by atoms with van der Waals surface area (Å²) in [4.78, 5) is 4.68. The molecule has 0 aromatic heterocycles. The molecule has 1 aliphatic rings. The van der Waals surface area contributed by atoms with E-state index in [2.05, 4.69) is 55.0 Å². The standard InChI is InChI=1S/C15H24N2O/c1-12(18)15(2,3)11-17-10-9-16(4)13-7-5-6-8-14(13)17/h5-8,12,18H,9-11H2,1-4H3. The largest absolute Gasteiger partial charge is 0.393 e. The highest BCUT2D eigenvalue weighted by atomic mass is 16.3. The van der Waals surface area contributed by atoms with Gasteiger partial charge in [0.1, 0.15) is 0 Å². The van der Waals surface area contributed by atoms with Crippen molar-refractivity contribution in [3.8, 4) is 0 Å². The summed E-state index contributed by atoms with van der Waals surface area (Å²) in [5, 5.41) is 9.87. The van der Waals surface area contributed by atoms with Crippen LogP contribution in [-0.2, 0) is 0 Å². The third-order valence-corrected chi connectivity index (χ3v) is 4.07. The van der Waals surface area contributed by atoms with Crippen LogP contribution in [0.5, 0.6) is 0 Å². The van der Waals surface area contributed by atoms with E-state index in [-0.39, 0.29) is 11.5 Å². The number of likely N-dealkylation sites (N-methyl/N-ethyl adjacent to an activating group) is 1. The van der Waals surface area contributed by atoms with E-state index < -0.39 is 0 Å². The Morgan fingerprint density at radius 1 is 1.22 bits per heavy atom. The van der Waals surface area contributed by atoms with E-state index >= 15 is 0 Å². The van der Waals surface area contributed by atoms with Gasteiger partial charge in [-0.15, -0.1) is 0 Å². The zero-order valence-corrected chi connectivity index (χ0v) is 11.8. The molecule has 1 aromatic rings. The van der Waals surface area contributed by atoms with Crippen LogP contribution in [0.3, 0.4) is 0 Å². The highest BCUT2D eigenvalue weighted by Gasteiger charge is 2.29. The van der Waals surface area contributed by atoms with Gasteiger partial charge in [0.2, 0.25) is 0 Å². The number of aliphatic hydroxyl groups is 1. The lowest BCUT2D eigenvalue weighted by Crippen LogP contribution is -2.46. The van der Waals surface area contributed by atoms with Crippen molar-refractivity contribution in [3.05, 3.63) is 24.3 Å². The highest BCUT2D eigenvalue weighted by molar-refractivity contribution is 5.73. The quantitative estimate of drug-likeness (QED) is 0.889. The second kappa shape index (κ2) is 4.81. The molecule has 0 saturated heterocycles. The van der Waals surface area contributed by atoms with Crippen molar-refractivity contribution in [2.24, 2.45) is 5.41 Å². The minimum atomic E-state index is -0.302. The van der Waals surface area contributed by atoms with Gasteiger partial charge in [0, 0.05) is 32.1 Å². The molecular weight excluding hydrogens is 224 g/mol. The molecule has 18 heavy (non-hydrogen) atoms. The number of aliphatic hydroxyl groups excluding tert-OH is 1. The van der Waals surface area contributed by atoms with Crippen LogP contribution in [0.2, 0.25) is 0 Å². The Bertz CT molecular complexity index is 415. The molecule has 0 bridgehead atoms. The topological polar surface area (TPSA) is 26.7 Å². The maximum atomic E-state index is 9.87. The number of hydrogen-bond donors (Lipinski definition) is 1. The zero-order valence-electron chi connectivity index (χ0n) is 11.8. The van der Waals surface area contributed by atoms with Gasteiger partial charge in [-0.3, -0.25) is 0 Å². The number of para-hydroxylation sites is 2. The van der Waals surface area contributed by atoms with E-state index in [1.807, 2.05) is 6.92 Å². The summed E-state index contributed by atoms with van der Waals surface area (Å²) in [6.07, 6.45) is -0.302. The van der Waals surface area contributed by atoms with E-state index in [4.69, 9.17) is 0 Å². The second-order valence-corrected chi connectivity index (χ2v) is 6.00. The molecule has 0 saturated carbocycles. The first-order valence-corrected chi connectivity index (χ1v) is 6.65. The molecule has 1 N–H and O–H groups in total. The molecule has 1 heterocycles. The molecule has 3 nitrogen and oxygen atoms in total. The minimum absolute atomic E-state index is 0.0942. The number of fused-ring (bicyclic) bond motifs is 1. The Morgan fingerprint density at radius 3 is 2.44 bits per heavy atom. The molecule has 0 aliphatic carbocycles. The Kier molecular flexibility index (Phi) is 3.53. The van der Waals surface area contributed by atoms with Crippen LogP contribution in [0.1, 0.15) is 20.8 Å². The monoisotopic (exact) mass is 248 g/mol. The van der Waals surface area contributed by atoms with Crippen LogP contribution in [0.4, 0.5) is 11.4 Å². The number of nitrogens with zero attached hydrogens (tertiary/aromatic N) is 2. The third kappa shape index (κ3) is 2.46. The molecule has 1 aliphatic heterocycles.